The molecule has 2 heterocycles. The fourth-order valence-electron chi connectivity index (χ4n) is 5.32. The molecule has 0 aromatic rings. The summed E-state index contributed by atoms with van der Waals surface area (Å²) in [5.74, 6) is -0.636. The minimum atomic E-state index is -0.318. The van der Waals surface area contributed by atoms with Crippen molar-refractivity contribution in [2.75, 3.05) is 0 Å². The molecule has 176 valence electrons. The minimum absolute atomic E-state index is 0.0708. The van der Waals surface area contributed by atoms with E-state index in [2.05, 4.69) is 66.0 Å². The number of hydrogen-bond donors (Lipinski definition) is 2. The van der Waals surface area contributed by atoms with E-state index in [9.17, 15) is 9.59 Å². The molecule has 0 atom stereocenters. The predicted molar refractivity (Wildman–Crippen MR) is 121 cm³/mol. The first kappa shape index (κ1) is 26.9. The summed E-state index contributed by atoms with van der Waals surface area (Å²) in [6, 6.07) is 0. The van der Waals surface area contributed by atoms with E-state index in [1.165, 1.54) is 0 Å². The van der Waals surface area contributed by atoms with Gasteiger partial charge < -0.3 is 20.1 Å². The molecule has 0 bridgehead atoms. The molecule has 6 heteroatoms. The Morgan fingerprint density at radius 3 is 1.10 bits per heavy atom. The summed E-state index contributed by atoms with van der Waals surface area (Å²) in [6.07, 6.45) is 2.97. The Labute approximate surface area is 184 Å². The lowest BCUT2D eigenvalue weighted by Crippen LogP contribution is -2.59. The van der Waals surface area contributed by atoms with Gasteiger partial charge in [0.05, 0.1) is 12.8 Å². The van der Waals surface area contributed by atoms with Gasteiger partial charge in [-0.2, -0.15) is 0 Å². The number of rotatable bonds is 5. The lowest BCUT2D eigenvalue weighted by molar-refractivity contribution is -0.160. The van der Waals surface area contributed by atoms with E-state index < -0.39 is 0 Å². The third-order valence-corrected chi connectivity index (χ3v) is 5.43. The summed E-state index contributed by atoms with van der Waals surface area (Å²) in [5, 5.41) is 7.15. The maximum absolute atomic E-state index is 12.3. The Kier molecular flexibility index (Phi) is 8.95. The molecule has 30 heavy (non-hydrogen) atoms. The second-order valence-electron chi connectivity index (χ2n) is 11.3. The molecular formula is C24H46N2O4. The number of carbonyl (C=O) groups is 2. The van der Waals surface area contributed by atoms with Crippen molar-refractivity contribution in [2.45, 2.75) is 142 Å². The Balaban J connectivity index is 0.00000218. The predicted octanol–water partition coefficient (Wildman–Crippen LogP) is 4.50. The van der Waals surface area contributed by atoms with E-state index >= 15 is 0 Å². The van der Waals surface area contributed by atoms with E-state index in [1.54, 1.807) is 0 Å². The highest BCUT2D eigenvalue weighted by atomic mass is 16.6. The van der Waals surface area contributed by atoms with Gasteiger partial charge in [-0.1, -0.05) is 13.8 Å². The minimum Gasteiger partial charge on any atom is -0.462 e. The molecule has 0 amide bonds. The van der Waals surface area contributed by atoms with E-state index in [0.717, 1.165) is 25.7 Å². The highest BCUT2D eigenvalue weighted by Crippen LogP contribution is 2.32. The van der Waals surface area contributed by atoms with Gasteiger partial charge in [0.1, 0.15) is 12.2 Å². The van der Waals surface area contributed by atoms with Crippen molar-refractivity contribution >= 4 is 11.9 Å². The zero-order chi connectivity index (χ0) is 23.4. The van der Waals surface area contributed by atoms with Crippen LogP contribution < -0.4 is 10.6 Å². The molecule has 2 N–H and O–H groups in total. The Morgan fingerprint density at radius 1 is 0.633 bits per heavy atom. The zero-order valence-corrected chi connectivity index (χ0v) is 21.0. The van der Waals surface area contributed by atoms with Crippen LogP contribution in [0.2, 0.25) is 0 Å². The SMILES string of the molecule is CC.CC1(C)CC(OC(=O)CCC(=O)OC2CC(C)(C)NC(C)(C)C2)CC(C)(C)N1. The lowest BCUT2D eigenvalue weighted by Gasteiger charge is -2.46. The molecule has 2 saturated heterocycles. The Morgan fingerprint density at radius 2 is 0.867 bits per heavy atom. The summed E-state index contributed by atoms with van der Waals surface area (Å²) >= 11 is 0. The van der Waals surface area contributed by atoms with Crippen LogP contribution in [0.5, 0.6) is 0 Å². The van der Waals surface area contributed by atoms with Crippen molar-refractivity contribution < 1.29 is 19.1 Å². The first-order valence-electron chi connectivity index (χ1n) is 11.5. The molecule has 2 rings (SSSR count). The molecule has 0 unspecified atom stereocenters. The van der Waals surface area contributed by atoms with Gasteiger partial charge in [0.15, 0.2) is 0 Å². The number of hydrogen-bond acceptors (Lipinski definition) is 6. The largest absolute Gasteiger partial charge is 0.462 e. The maximum atomic E-state index is 12.3. The fourth-order valence-corrected chi connectivity index (χ4v) is 5.32. The monoisotopic (exact) mass is 426 g/mol. The number of piperidine rings is 2. The van der Waals surface area contributed by atoms with E-state index in [4.69, 9.17) is 9.47 Å². The summed E-state index contributed by atoms with van der Waals surface area (Å²) in [7, 11) is 0. The quantitative estimate of drug-likeness (QED) is 0.631. The van der Waals surface area contributed by atoms with Gasteiger partial charge in [-0.3, -0.25) is 9.59 Å². The van der Waals surface area contributed by atoms with Crippen molar-refractivity contribution in [3.8, 4) is 0 Å². The molecule has 2 aliphatic heterocycles. The van der Waals surface area contributed by atoms with Crippen molar-refractivity contribution in [2.24, 2.45) is 0 Å². The molecule has 0 spiro atoms. The highest BCUT2D eigenvalue weighted by Gasteiger charge is 2.40. The highest BCUT2D eigenvalue weighted by molar-refractivity contribution is 5.77. The fraction of sp³-hybridized carbons (Fsp3) is 0.917. The number of ether oxygens (including phenoxy) is 2. The smallest absolute Gasteiger partial charge is 0.306 e. The van der Waals surface area contributed by atoms with Gasteiger partial charge in [-0.05, 0) is 55.4 Å². The van der Waals surface area contributed by atoms with Crippen molar-refractivity contribution in [1.82, 2.24) is 10.6 Å². The zero-order valence-electron chi connectivity index (χ0n) is 21.0. The van der Waals surface area contributed by atoms with Gasteiger partial charge in [-0.25, -0.2) is 0 Å². The summed E-state index contributed by atoms with van der Waals surface area (Å²) in [6.45, 7) is 21.0. The average Bonchev–Trinajstić information content (AvgIpc) is 2.48. The second-order valence-corrected chi connectivity index (χ2v) is 11.3. The van der Waals surface area contributed by atoms with Crippen LogP contribution in [0, 0.1) is 0 Å². The maximum Gasteiger partial charge on any atom is 0.306 e. The average molecular weight is 427 g/mol. The number of carbonyl (C=O) groups excluding carboxylic acids is 2. The van der Waals surface area contributed by atoms with Crippen LogP contribution in [0.1, 0.15) is 108 Å². The van der Waals surface area contributed by atoms with Gasteiger partial charge in [-0.15, -0.1) is 0 Å². The molecule has 0 radical (unpaired) electrons. The van der Waals surface area contributed by atoms with Gasteiger partial charge in [0, 0.05) is 47.8 Å². The Hall–Kier alpha value is -1.14. The van der Waals surface area contributed by atoms with Crippen LogP contribution in [0.3, 0.4) is 0 Å². The molecule has 6 nitrogen and oxygen atoms in total. The second kappa shape index (κ2) is 9.99. The Bertz CT molecular complexity index is 512. The van der Waals surface area contributed by atoms with E-state index in [-0.39, 0.29) is 59.1 Å². The van der Waals surface area contributed by atoms with Gasteiger partial charge in [0.2, 0.25) is 0 Å². The van der Waals surface area contributed by atoms with Gasteiger partial charge >= 0.3 is 11.9 Å². The first-order valence-corrected chi connectivity index (χ1v) is 11.5. The van der Waals surface area contributed by atoms with Crippen molar-refractivity contribution in [3.63, 3.8) is 0 Å². The third kappa shape index (κ3) is 9.34. The van der Waals surface area contributed by atoms with Crippen LogP contribution in [0.4, 0.5) is 0 Å². The molecule has 2 aliphatic rings. The van der Waals surface area contributed by atoms with Crippen molar-refractivity contribution in [3.05, 3.63) is 0 Å². The van der Waals surface area contributed by atoms with E-state index in [1.807, 2.05) is 13.8 Å². The molecule has 2 fully saturated rings. The van der Waals surface area contributed by atoms with Crippen LogP contribution in [-0.2, 0) is 19.1 Å². The van der Waals surface area contributed by atoms with Crippen LogP contribution in [-0.4, -0.2) is 46.3 Å². The third-order valence-electron chi connectivity index (χ3n) is 5.43. The standard InChI is InChI=1S/C22H40N2O4.C2H6/c1-19(2)11-15(12-20(3,4)23-19)27-17(25)9-10-18(26)28-16-13-21(5,6)24-22(7,8)14-16;1-2/h15-16,23-24H,9-14H2,1-8H3;1-2H3. The molecule has 0 aromatic heterocycles. The summed E-state index contributed by atoms with van der Waals surface area (Å²) < 4.78 is 11.3. The topological polar surface area (TPSA) is 76.7 Å². The van der Waals surface area contributed by atoms with Crippen LogP contribution in [0.25, 0.3) is 0 Å². The van der Waals surface area contributed by atoms with Crippen LogP contribution >= 0.6 is 0 Å². The molecular weight excluding hydrogens is 380 g/mol. The van der Waals surface area contributed by atoms with Crippen molar-refractivity contribution in [1.29, 1.82) is 0 Å². The van der Waals surface area contributed by atoms with Gasteiger partial charge in [0.25, 0.3) is 0 Å². The summed E-state index contributed by atoms with van der Waals surface area (Å²) in [5.41, 5.74) is -0.332. The number of esters is 2. The first-order chi connectivity index (χ1) is 13.6. The molecule has 0 aromatic carbocycles. The summed E-state index contributed by atoms with van der Waals surface area (Å²) in [4.78, 5) is 24.6. The molecule has 0 aliphatic carbocycles. The lowest BCUT2D eigenvalue weighted by atomic mass is 9.81. The van der Waals surface area contributed by atoms with Crippen LogP contribution in [0.15, 0.2) is 0 Å². The molecule has 0 saturated carbocycles. The normalized spacial score (nSPS) is 24.9. The number of nitrogens with one attached hydrogen (secondary N) is 2. The van der Waals surface area contributed by atoms with E-state index in [0.29, 0.717) is 0 Å².